The Balaban J connectivity index is 2.08. The fraction of sp³-hybridized carbons (Fsp3) is 0.125. The molecule has 0 radical (unpaired) electrons. The molecule has 0 heterocycles. The van der Waals surface area contributed by atoms with Gasteiger partial charge in [-0.2, -0.15) is 0 Å². The van der Waals surface area contributed by atoms with Crippen LogP contribution < -0.4 is 5.32 Å². The van der Waals surface area contributed by atoms with Gasteiger partial charge in [-0.1, -0.05) is 42.5 Å². The van der Waals surface area contributed by atoms with E-state index in [2.05, 4.69) is 47.8 Å². The molecule has 1 nitrogen and oxygen atoms in total. The highest BCUT2D eigenvalue weighted by Gasteiger charge is 1.94. The van der Waals surface area contributed by atoms with Gasteiger partial charge in [0.2, 0.25) is 0 Å². The van der Waals surface area contributed by atoms with Crippen LogP contribution in [0, 0.1) is 0 Å². The number of anilines is 2. The molecule has 0 spiro atoms. The van der Waals surface area contributed by atoms with Crippen molar-refractivity contribution in [3.05, 3.63) is 66.2 Å². The normalized spacial score (nSPS) is 10.7. The Morgan fingerprint density at radius 3 is 2.50 bits per heavy atom. The third kappa shape index (κ3) is 3.94. The highest BCUT2D eigenvalue weighted by Crippen LogP contribution is 2.18. The topological polar surface area (TPSA) is 12.0 Å². The second-order valence-corrected chi connectivity index (χ2v) is 4.37. The number of hydrogen-bond acceptors (Lipinski definition) is 1. The Morgan fingerprint density at radius 1 is 0.944 bits per heavy atom. The maximum absolute atomic E-state index is 5.64. The van der Waals surface area contributed by atoms with Crippen molar-refractivity contribution in [2.75, 3.05) is 11.2 Å². The van der Waals surface area contributed by atoms with E-state index in [1.54, 1.807) is 0 Å². The molecule has 0 amide bonds. The van der Waals surface area contributed by atoms with Gasteiger partial charge in [0.05, 0.1) is 0 Å². The van der Waals surface area contributed by atoms with E-state index >= 15 is 0 Å². The van der Waals surface area contributed by atoms with Gasteiger partial charge in [0, 0.05) is 17.3 Å². The van der Waals surface area contributed by atoms with Crippen molar-refractivity contribution in [2.45, 2.75) is 6.42 Å². The quantitative estimate of drug-likeness (QED) is 0.737. The zero-order chi connectivity index (χ0) is 12.6. The van der Waals surface area contributed by atoms with Crippen molar-refractivity contribution in [2.24, 2.45) is 0 Å². The molecule has 0 fully saturated rings. The molecule has 2 aromatic carbocycles. The molecule has 0 bridgehead atoms. The van der Waals surface area contributed by atoms with Crippen molar-refractivity contribution in [3.8, 4) is 0 Å². The van der Waals surface area contributed by atoms with E-state index in [0.717, 1.165) is 17.8 Å². The Labute approximate surface area is 113 Å². The lowest BCUT2D eigenvalue weighted by atomic mass is 10.1. The molecule has 2 aromatic rings. The van der Waals surface area contributed by atoms with Crippen LogP contribution in [0.5, 0.6) is 0 Å². The van der Waals surface area contributed by atoms with Crippen LogP contribution in [0.25, 0.3) is 6.08 Å². The fourth-order valence-electron chi connectivity index (χ4n) is 1.69. The summed E-state index contributed by atoms with van der Waals surface area (Å²) in [6, 6.07) is 18.5. The van der Waals surface area contributed by atoms with E-state index in [-0.39, 0.29) is 0 Å². The minimum atomic E-state index is 0.665. The lowest BCUT2D eigenvalue weighted by Gasteiger charge is -2.06. The van der Waals surface area contributed by atoms with Crippen LogP contribution in [0.15, 0.2) is 60.7 Å². The highest BCUT2D eigenvalue weighted by molar-refractivity contribution is 6.17. The number of halogens is 1. The van der Waals surface area contributed by atoms with Gasteiger partial charge in [0.1, 0.15) is 0 Å². The van der Waals surface area contributed by atoms with Crippen LogP contribution in [0.2, 0.25) is 0 Å². The van der Waals surface area contributed by atoms with Crippen molar-refractivity contribution in [1.82, 2.24) is 0 Å². The zero-order valence-electron chi connectivity index (χ0n) is 10.1. The number of rotatable bonds is 5. The summed E-state index contributed by atoms with van der Waals surface area (Å²) in [5.74, 6) is 0.665. The molecule has 0 atom stereocenters. The summed E-state index contributed by atoms with van der Waals surface area (Å²) < 4.78 is 0. The molecule has 18 heavy (non-hydrogen) atoms. The Bertz CT molecular complexity index is 506. The van der Waals surface area contributed by atoms with Gasteiger partial charge in [0.25, 0.3) is 0 Å². The van der Waals surface area contributed by atoms with E-state index < -0.39 is 0 Å². The number of para-hydroxylation sites is 1. The van der Waals surface area contributed by atoms with E-state index in [1.807, 2.05) is 24.3 Å². The van der Waals surface area contributed by atoms with Crippen LogP contribution in [-0.4, -0.2) is 5.88 Å². The summed E-state index contributed by atoms with van der Waals surface area (Å²) in [5.41, 5.74) is 3.37. The zero-order valence-corrected chi connectivity index (χ0v) is 10.9. The van der Waals surface area contributed by atoms with E-state index in [9.17, 15) is 0 Å². The van der Waals surface area contributed by atoms with Crippen LogP contribution in [0.1, 0.15) is 12.0 Å². The van der Waals surface area contributed by atoms with Crippen molar-refractivity contribution >= 4 is 29.1 Å². The minimum Gasteiger partial charge on any atom is -0.356 e. The summed E-state index contributed by atoms with van der Waals surface area (Å²) >= 11 is 5.64. The molecule has 92 valence electrons. The van der Waals surface area contributed by atoms with Crippen LogP contribution >= 0.6 is 11.6 Å². The first-order chi connectivity index (χ1) is 8.88. The summed E-state index contributed by atoms with van der Waals surface area (Å²) in [4.78, 5) is 0. The molecular formula is C16H16ClN. The number of hydrogen-bond donors (Lipinski definition) is 1. The third-order valence-corrected chi connectivity index (χ3v) is 2.75. The van der Waals surface area contributed by atoms with Crippen LogP contribution in [-0.2, 0) is 0 Å². The SMILES string of the molecule is ClCCC=Cc1cccc(Nc2ccccc2)c1. The second kappa shape index (κ2) is 6.87. The molecule has 0 aliphatic rings. The van der Waals surface area contributed by atoms with E-state index in [1.165, 1.54) is 5.56 Å². The lowest BCUT2D eigenvalue weighted by Crippen LogP contribution is -1.89. The Hall–Kier alpha value is -1.73. The van der Waals surface area contributed by atoms with Crippen molar-refractivity contribution in [3.63, 3.8) is 0 Å². The molecule has 1 N–H and O–H groups in total. The smallest absolute Gasteiger partial charge is 0.0390 e. The van der Waals surface area contributed by atoms with Crippen LogP contribution in [0.4, 0.5) is 11.4 Å². The molecule has 0 saturated heterocycles. The van der Waals surface area contributed by atoms with E-state index in [0.29, 0.717) is 5.88 Å². The summed E-state index contributed by atoms with van der Waals surface area (Å²) in [6.07, 6.45) is 5.09. The largest absolute Gasteiger partial charge is 0.356 e. The minimum absolute atomic E-state index is 0.665. The Kier molecular flexibility index (Phi) is 4.86. The molecule has 0 aliphatic heterocycles. The number of nitrogens with one attached hydrogen (secondary N) is 1. The number of allylic oxidation sites excluding steroid dienone is 1. The standard InChI is InChI=1S/C16H16ClN/c17-12-5-4-7-14-8-6-11-16(13-14)18-15-9-2-1-3-10-15/h1-4,6-11,13,18H,5,12H2. The van der Waals surface area contributed by atoms with Gasteiger partial charge < -0.3 is 5.32 Å². The average Bonchev–Trinajstić information content (AvgIpc) is 2.41. The van der Waals surface area contributed by atoms with Gasteiger partial charge in [-0.25, -0.2) is 0 Å². The van der Waals surface area contributed by atoms with Gasteiger partial charge in [-0.15, -0.1) is 11.6 Å². The van der Waals surface area contributed by atoms with Gasteiger partial charge in [-0.05, 0) is 36.2 Å². The first kappa shape index (κ1) is 12.7. The molecule has 0 aliphatic carbocycles. The molecule has 2 rings (SSSR count). The summed E-state index contributed by atoms with van der Waals surface area (Å²) in [6.45, 7) is 0. The van der Waals surface area contributed by atoms with Crippen LogP contribution in [0.3, 0.4) is 0 Å². The van der Waals surface area contributed by atoms with E-state index in [4.69, 9.17) is 11.6 Å². The summed E-state index contributed by atoms with van der Waals surface area (Å²) in [5, 5.41) is 3.37. The van der Waals surface area contributed by atoms with Gasteiger partial charge >= 0.3 is 0 Å². The molecule has 0 unspecified atom stereocenters. The molecule has 0 aromatic heterocycles. The highest BCUT2D eigenvalue weighted by atomic mass is 35.5. The average molecular weight is 258 g/mol. The predicted molar refractivity (Wildman–Crippen MR) is 80.5 cm³/mol. The van der Waals surface area contributed by atoms with Gasteiger partial charge in [-0.3, -0.25) is 0 Å². The first-order valence-electron chi connectivity index (χ1n) is 6.03. The van der Waals surface area contributed by atoms with Gasteiger partial charge in [0.15, 0.2) is 0 Å². The monoisotopic (exact) mass is 257 g/mol. The second-order valence-electron chi connectivity index (χ2n) is 4.00. The maximum atomic E-state index is 5.64. The molecule has 0 saturated carbocycles. The predicted octanol–water partition coefficient (Wildman–Crippen LogP) is 5.07. The molecule has 2 heteroatoms. The fourth-order valence-corrected chi connectivity index (χ4v) is 1.82. The first-order valence-corrected chi connectivity index (χ1v) is 6.56. The Morgan fingerprint density at radius 2 is 1.72 bits per heavy atom. The van der Waals surface area contributed by atoms with Crippen molar-refractivity contribution < 1.29 is 0 Å². The summed E-state index contributed by atoms with van der Waals surface area (Å²) in [7, 11) is 0. The maximum Gasteiger partial charge on any atom is 0.0390 e. The number of benzene rings is 2. The third-order valence-electron chi connectivity index (χ3n) is 2.54. The number of alkyl halides is 1. The lowest BCUT2D eigenvalue weighted by molar-refractivity contribution is 1.24. The van der Waals surface area contributed by atoms with Crippen molar-refractivity contribution in [1.29, 1.82) is 0 Å². The molecular weight excluding hydrogens is 242 g/mol.